The molecule has 0 radical (unpaired) electrons. The lowest BCUT2D eigenvalue weighted by Gasteiger charge is -2.30. The topological polar surface area (TPSA) is 105 Å². The highest BCUT2D eigenvalue weighted by atomic mass is 16.5. The van der Waals surface area contributed by atoms with Crippen molar-refractivity contribution in [2.45, 2.75) is 46.2 Å². The molecule has 3 N–H and O–H groups in total. The van der Waals surface area contributed by atoms with Crippen LogP contribution in [0.25, 0.3) is 0 Å². The summed E-state index contributed by atoms with van der Waals surface area (Å²) in [7, 11) is 1.19. The van der Waals surface area contributed by atoms with Gasteiger partial charge in [0.1, 0.15) is 12.1 Å². The molecule has 0 spiro atoms. The van der Waals surface area contributed by atoms with E-state index >= 15 is 0 Å². The molecule has 0 fully saturated rings. The number of amides is 2. The van der Waals surface area contributed by atoms with Crippen molar-refractivity contribution in [2.75, 3.05) is 7.11 Å². The summed E-state index contributed by atoms with van der Waals surface area (Å²) in [6, 6.07) is -1.86. The first-order valence-corrected chi connectivity index (χ1v) is 6.01. The van der Waals surface area contributed by atoms with Crippen LogP contribution in [0.2, 0.25) is 0 Å². The molecule has 2 amide bonds. The highest BCUT2D eigenvalue weighted by Gasteiger charge is 2.34. The number of aliphatic carboxylic acids is 1. The maximum atomic E-state index is 12.1. The van der Waals surface area contributed by atoms with Crippen LogP contribution >= 0.6 is 0 Å². The van der Waals surface area contributed by atoms with Crippen LogP contribution < -0.4 is 10.6 Å². The molecule has 0 aliphatic carbocycles. The van der Waals surface area contributed by atoms with Gasteiger partial charge in [0.05, 0.1) is 7.11 Å². The van der Waals surface area contributed by atoms with Crippen LogP contribution in [0, 0.1) is 5.41 Å². The molecule has 7 nitrogen and oxygen atoms in total. The van der Waals surface area contributed by atoms with Crippen molar-refractivity contribution >= 4 is 18.0 Å². The molecule has 19 heavy (non-hydrogen) atoms. The third-order valence-corrected chi connectivity index (χ3v) is 2.60. The first-order valence-electron chi connectivity index (χ1n) is 6.01. The Morgan fingerprint density at radius 3 is 2.05 bits per heavy atom. The van der Waals surface area contributed by atoms with E-state index in [0.717, 1.165) is 0 Å². The minimum absolute atomic E-state index is 0.260. The highest BCUT2D eigenvalue weighted by Crippen LogP contribution is 2.19. The molecule has 0 bridgehead atoms. The molecule has 0 aromatic carbocycles. The van der Waals surface area contributed by atoms with Crippen molar-refractivity contribution in [2.24, 2.45) is 5.41 Å². The standard InChI is InChI=1S/C12H22N2O5/c1-6-7(10(16)17)13-9(15)8(12(2,3)4)14-11(18)19-5/h7-8H,6H2,1-5H3,(H,13,15)(H,14,18)(H,16,17)/t7-,8?/m0/s1. The summed E-state index contributed by atoms with van der Waals surface area (Å²) in [4.78, 5) is 34.2. The molecule has 0 aliphatic heterocycles. The van der Waals surface area contributed by atoms with Gasteiger partial charge in [-0.05, 0) is 11.8 Å². The van der Waals surface area contributed by atoms with E-state index in [1.54, 1.807) is 27.7 Å². The van der Waals surface area contributed by atoms with Crippen molar-refractivity contribution in [1.29, 1.82) is 0 Å². The number of nitrogens with one attached hydrogen (secondary N) is 2. The van der Waals surface area contributed by atoms with E-state index in [4.69, 9.17) is 5.11 Å². The van der Waals surface area contributed by atoms with Gasteiger partial charge in [-0.1, -0.05) is 27.7 Å². The minimum atomic E-state index is -1.11. The fourth-order valence-corrected chi connectivity index (χ4v) is 1.45. The molecule has 1 unspecified atom stereocenters. The van der Waals surface area contributed by atoms with Gasteiger partial charge in [-0.15, -0.1) is 0 Å². The molecule has 7 heteroatoms. The van der Waals surface area contributed by atoms with E-state index in [2.05, 4.69) is 15.4 Å². The average Bonchev–Trinajstić information content (AvgIpc) is 2.30. The monoisotopic (exact) mass is 274 g/mol. The van der Waals surface area contributed by atoms with Gasteiger partial charge in [0, 0.05) is 0 Å². The zero-order valence-electron chi connectivity index (χ0n) is 11.9. The van der Waals surface area contributed by atoms with E-state index in [9.17, 15) is 14.4 Å². The summed E-state index contributed by atoms with van der Waals surface area (Å²) >= 11 is 0. The van der Waals surface area contributed by atoms with Crippen molar-refractivity contribution in [3.63, 3.8) is 0 Å². The Morgan fingerprint density at radius 1 is 1.21 bits per heavy atom. The van der Waals surface area contributed by atoms with Gasteiger partial charge in [-0.3, -0.25) is 4.79 Å². The maximum Gasteiger partial charge on any atom is 0.407 e. The number of rotatable bonds is 5. The predicted octanol–water partition coefficient (Wildman–Crippen LogP) is 0.737. The number of carbonyl (C=O) groups is 3. The maximum absolute atomic E-state index is 12.1. The second-order valence-electron chi connectivity index (χ2n) is 5.24. The Balaban J connectivity index is 4.92. The lowest BCUT2D eigenvalue weighted by Crippen LogP contribution is -2.56. The third kappa shape index (κ3) is 5.58. The third-order valence-electron chi connectivity index (χ3n) is 2.60. The quantitative estimate of drug-likeness (QED) is 0.685. The lowest BCUT2D eigenvalue weighted by molar-refractivity contribution is -0.142. The van der Waals surface area contributed by atoms with Crippen LogP contribution in [-0.4, -0.2) is 42.3 Å². The van der Waals surface area contributed by atoms with Gasteiger partial charge in [-0.2, -0.15) is 0 Å². The second-order valence-corrected chi connectivity index (χ2v) is 5.24. The molecule has 0 rings (SSSR count). The number of hydrogen-bond donors (Lipinski definition) is 3. The number of hydrogen-bond acceptors (Lipinski definition) is 4. The van der Waals surface area contributed by atoms with Crippen molar-refractivity contribution < 1.29 is 24.2 Å². The van der Waals surface area contributed by atoms with Crippen LogP contribution in [0.5, 0.6) is 0 Å². The summed E-state index contributed by atoms with van der Waals surface area (Å²) in [6.07, 6.45) is -0.477. The summed E-state index contributed by atoms with van der Waals surface area (Å²) in [5.74, 6) is -1.66. The summed E-state index contributed by atoms with van der Waals surface area (Å²) in [5, 5.41) is 13.7. The van der Waals surface area contributed by atoms with Crippen molar-refractivity contribution in [1.82, 2.24) is 10.6 Å². The fraction of sp³-hybridized carbons (Fsp3) is 0.750. The van der Waals surface area contributed by atoms with Crippen LogP contribution in [0.4, 0.5) is 4.79 Å². The first kappa shape index (κ1) is 17.2. The summed E-state index contributed by atoms with van der Waals surface area (Å²) < 4.78 is 4.46. The SMILES string of the molecule is CC[C@H](NC(=O)C(NC(=O)OC)C(C)(C)C)C(=O)O. The first-order chi connectivity index (χ1) is 8.63. The molecular formula is C12H22N2O5. The Labute approximate surface area is 112 Å². The molecule has 0 saturated heterocycles. The molecule has 2 atom stereocenters. The number of carboxylic acids is 1. The van der Waals surface area contributed by atoms with E-state index in [-0.39, 0.29) is 6.42 Å². The van der Waals surface area contributed by atoms with Gasteiger partial charge in [0.15, 0.2) is 0 Å². The fourth-order valence-electron chi connectivity index (χ4n) is 1.45. The molecule has 0 aromatic rings. The summed E-state index contributed by atoms with van der Waals surface area (Å²) in [5.41, 5.74) is -0.574. The number of methoxy groups -OCH3 is 1. The number of carbonyl (C=O) groups excluding carboxylic acids is 2. The van der Waals surface area contributed by atoms with E-state index in [1.165, 1.54) is 7.11 Å². The molecular weight excluding hydrogens is 252 g/mol. The molecule has 0 aromatic heterocycles. The van der Waals surface area contributed by atoms with Gasteiger partial charge in [0.2, 0.25) is 5.91 Å². The minimum Gasteiger partial charge on any atom is -0.480 e. The number of carboxylic acid groups (broad SMARTS) is 1. The number of alkyl carbamates (subject to hydrolysis) is 1. The van der Waals surface area contributed by atoms with E-state index in [1.807, 2.05) is 0 Å². The van der Waals surface area contributed by atoms with E-state index in [0.29, 0.717) is 0 Å². The Bertz CT molecular complexity index is 349. The largest absolute Gasteiger partial charge is 0.480 e. The Morgan fingerprint density at radius 2 is 1.74 bits per heavy atom. The smallest absolute Gasteiger partial charge is 0.407 e. The van der Waals surface area contributed by atoms with Gasteiger partial charge >= 0.3 is 12.1 Å². The average molecular weight is 274 g/mol. The Kier molecular flexibility index (Phi) is 6.31. The summed E-state index contributed by atoms with van der Waals surface area (Å²) in [6.45, 7) is 6.93. The zero-order chi connectivity index (χ0) is 15.2. The molecule has 0 saturated carbocycles. The van der Waals surface area contributed by atoms with Crippen molar-refractivity contribution in [3.8, 4) is 0 Å². The highest BCUT2D eigenvalue weighted by molar-refractivity contribution is 5.89. The van der Waals surface area contributed by atoms with Crippen LogP contribution in [0.3, 0.4) is 0 Å². The van der Waals surface area contributed by atoms with Crippen LogP contribution in [0.1, 0.15) is 34.1 Å². The molecule has 0 aliphatic rings. The van der Waals surface area contributed by atoms with E-state index < -0.39 is 35.5 Å². The van der Waals surface area contributed by atoms with Gasteiger partial charge < -0.3 is 20.5 Å². The Hall–Kier alpha value is -1.79. The molecule has 0 heterocycles. The predicted molar refractivity (Wildman–Crippen MR) is 68.6 cm³/mol. The van der Waals surface area contributed by atoms with Crippen molar-refractivity contribution in [3.05, 3.63) is 0 Å². The number of ether oxygens (including phenoxy) is 1. The van der Waals surface area contributed by atoms with Gasteiger partial charge in [-0.25, -0.2) is 9.59 Å². The lowest BCUT2D eigenvalue weighted by atomic mass is 9.86. The second kappa shape index (κ2) is 6.96. The van der Waals surface area contributed by atoms with Crippen LogP contribution in [-0.2, 0) is 14.3 Å². The normalized spacial score (nSPS) is 14.2. The van der Waals surface area contributed by atoms with Gasteiger partial charge in [0.25, 0.3) is 0 Å². The van der Waals surface area contributed by atoms with Crippen LogP contribution in [0.15, 0.2) is 0 Å². The zero-order valence-corrected chi connectivity index (χ0v) is 11.9. The molecule has 110 valence electrons.